The van der Waals surface area contributed by atoms with Crippen LogP contribution in [0.4, 0.5) is 5.00 Å². The first kappa shape index (κ1) is 18.1. The Balaban J connectivity index is 1.32. The van der Waals surface area contributed by atoms with Gasteiger partial charge >= 0.3 is 0 Å². The molecule has 0 aromatic carbocycles. The van der Waals surface area contributed by atoms with E-state index in [4.69, 9.17) is 0 Å². The summed E-state index contributed by atoms with van der Waals surface area (Å²) in [6, 6.07) is 7.66. The van der Waals surface area contributed by atoms with E-state index in [1.54, 1.807) is 0 Å². The highest BCUT2D eigenvalue weighted by Gasteiger charge is 2.26. The predicted octanol–water partition coefficient (Wildman–Crippen LogP) is 2.85. The van der Waals surface area contributed by atoms with E-state index in [-0.39, 0.29) is 17.9 Å². The molecule has 2 aromatic rings. The molecule has 4 rings (SSSR count). The van der Waals surface area contributed by atoms with Crippen molar-refractivity contribution in [2.45, 2.75) is 37.6 Å². The summed E-state index contributed by atoms with van der Waals surface area (Å²) in [7, 11) is 0. The molecule has 2 aromatic heterocycles. The topological polar surface area (TPSA) is 74.3 Å². The average Bonchev–Trinajstić information content (AvgIpc) is 3.40. The maximum Gasteiger partial charge on any atom is 0.263 e. The molecule has 0 saturated carbocycles. The first-order valence-corrected chi connectivity index (χ1v) is 10.4. The van der Waals surface area contributed by atoms with E-state index < -0.39 is 0 Å². The van der Waals surface area contributed by atoms with E-state index in [0.29, 0.717) is 10.8 Å². The monoisotopic (exact) mass is 384 g/mol. The van der Waals surface area contributed by atoms with Crippen LogP contribution in [-0.2, 0) is 4.79 Å². The number of thiophene rings is 1. The SMILES string of the molecule is O=C(Nc1ccc(C(=O)N2CCC(c3ccncc3)CC2)s1)[C@@H]1CCCN1. The zero-order chi connectivity index (χ0) is 18.6. The van der Waals surface area contributed by atoms with Gasteiger partial charge in [0.15, 0.2) is 0 Å². The Morgan fingerprint density at radius 3 is 2.59 bits per heavy atom. The number of carbonyl (C=O) groups excluding carboxylic acids is 2. The summed E-state index contributed by atoms with van der Waals surface area (Å²) >= 11 is 1.36. The number of hydrogen-bond acceptors (Lipinski definition) is 5. The number of anilines is 1. The Labute approximate surface area is 163 Å². The summed E-state index contributed by atoms with van der Waals surface area (Å²) in [5, 5.41) is 6.86. The number of pyridine rings is 1. The number of carbonyl (C=O) groups is 2. The zero-order valence-electron chi connectivity index (χ0n) is 15.2. The van der Waals surface area contributed by atoms with Crippen LogP contribution >= 0.6 is 11.3 Å². The van der Waals surface area contributed by atoms with E-state index in [1.807, 2.05) is 29.4 Å². The first-order valence-electron chi connectivity index (χ1n) is 9.54. The number of amides is 2. The molecule has 2 N–H and O–H groups in total. The third-order valence-corrected chi connectivity index (χ3v) is 6.39. The first-order chi connectivity index (χ1) is 13.2. The van der Waals surface area contributed by atoms with Crippen molar-refractivity contribution in [1.29, 1.82) is 0 Å². The van der Waals surface area contributed by atoms with Gasteiger partial charge in [0, 0.05) is 25.5 Å². The second-order valence-corrected chi connectivity index (χ2v) is 8.23. The number of rotatable bonds is 4. The molecule has 2 fully saturated rings. The van der Waals surface area contributed by atoms with Crippen LogP contribution in [0.1, 0.15) is 46.8 Å². The molecule has 0 bridgehead atoms. The number of aromatic nitrogens is 1. The van der Waals surface area contributed by atoms with Gasteiger partial charge in [0.25, 0.3) is 5.91 Å². The van der Waals surface area contributed by atoms with Gasteiger partial charge in [-0.3, -0.25) is 14.6 Å². The molecule has 0 radical (unpaired) electrons. The average molecular weight is 385 g/mol. The minimum atomic E-state index is -0.113. The van der Waals surface area contributed by atoms with E-state index in [2.05, 4.69) is 27.8 Å². The van der Waals surface area contributed by atoms with Gasteiger partial charge in [-0.15, -0.1) is 11.3 Å². The fourth-order valence-corrected chi connectivity index (χ4v) is 4.72. The van der Waals surface area contributed by atoms with Gasteiger partial charge < -0.3 is 15.5 Å². The maximum absolute atomic E-state index is 12.8. The summed E-state index contributed by atoms with van der Waals surface area (Å²) in [4.78, 5) is 31.7. The highest BCUT2D eigenvalue weighted by Crippen LogP contribution is 2.30. The standard InChI is InChI=1S/C20H24N4O2S/c25-19(16-2-1-9-22-16)23-18-4-3-17(27-18)20(26)24-12-7-15(8-13-24)14-5-10-21-11-6-14/h3-6,10-11,15-16,22H,1-2,7-9,12-13H2,(H,23,25)/t16-/m0/s1. The molecule has 6 nitrogen and oxygen atoms in total. The quantitative estimate of drug-likeness (QED) is 0.850. The number of piperidine rings is 1. The van der Waals surface area contributed by atoms with Crippen molar-refractivity contribution in [3.8, 4) is 0 Å². The molecule has 2 aliphatic heterocycles. The number of nitrogens with one attached hydrogen (secondary N) is 2. The lowest BCUT2D eigenvalue weighted by Crippen LogP contribution is -2.37. The van der Waals surface area contributed by atoms with E-state index >= 15 is 0 Å². The van der Waals surface area contributed by atoms with Crippen LogP contribution < -0.4 is 10.6 Å². The Hall–Kier alpha value is -2.25. The molecule has 7 heteroatoms. The van der Waals surface area contributed by atoms with Gasteiger partial charge in [0.1, 0.15) is 0 Å². The van der Waals surface area contributed by atoms with E-state index in [9.17, 15) is 9.59 Å². The normalized spacial score (nSPS) is 20.6. The lowest BCUT2D eigenvalue weighted by molar-refractivity contribution is -0.117. The number of hydrogen-bond donors (Lipinski definition) is 2. The van der Waals surface area contributed by atoms with Crippen LogP contribution in [0, 0.1) is 0 Å². The molecule has 0 spiro atoms. The van der Waals surface area contributed by atoms with Gasteiger partial charge in [-0.2, -0.15) is 0 Å². The molecule has 0 unspecified atom stereocenters. The molecule has 27 heavy (non-hydrogen) atoms. The molecule has 2 aliphatic rings. The van der Waals surface area contributed by atoms with Crippen LogP contribution in [-0.4, -0.2) is 47.4 Å². The van der Waals surface area contributed by atoms with Crippen molar-refractivity contribution in [3.05, 3.63) is 47.1 Å². The largest absolute Gasteiger partial charge is 0.338 e. The second kappa shape index (κ2) is 8.19. The van der Waals surface area contributed by atoms with Gasteiger partial charge in [-0.05, 0) is 68.0 Å². The van der Waals surface area contributed by atoms with Gasteiger partial charge in [0.2, 0.25) is 5.91 Å². The van der Waals surface area contributed by atoms with Crippen molar-refractivity contribution in [1.82, 2.24) is 15.2 Å². The van der Waals surface area contributed by atoms with E-state index in [1.165, 1.54) is 16.9 Å². The molecular weight excluding hydrogens is 360 g/mol. The predicted molar refractivity (Wildman–Crippen MR) is 106 cm³/mol. The number of nitrogens with zero attached hydrogens (tertiary/aromatic N) is 2. The molecular formula is C20H24N4O2S. The summed E-state index contributed by atoms with van der Waals surface area (Å²) in [6.07, 6.45) is 7.50. The van der Waals surface area contributed by atoms with Crippen molar-refractivity contribution < 1.29 is 9.59 Å². The highest BCUT2D eigenvalue weighted by molar-refractivity contribution is 7.18. The maximum atomic E-state index is 12.8. The van der Waals surface area contributed by atoms with Crippen molar-refractivity contribution >= 4 is 28.2 Å². The molecule has 2 amide bonds. The van der Waals surface area contributed by atoms with Gasteiger partial charge in [-0.1, -0.05) is 0 Å². The lowest BCUT2D eigenvalue weighted by atomic mass is 9.90. The van der Waals surface area contributed by atoms with Gasteiger partial charge in [0.05, 0.1) is 15.9 Å². The second-order valence-electron chi connectivity index (χ2n) is 7.15. The third kappa shape index (κ3) is 4.20. The summed E-state index contributed by atoms with van der Waals surface area (Å²) in [5.74, 6) is 0.549. The Bertz CT molecular complexity index is 793. The molecule has 1 atom stereocenters. The summed E-state index contributed by atoms with van der Waals surface area (Å²) < 4.78 is 0. The van der Waals surface area contributed by atoms with Crippen LogP contribution in [0.2, 0.25) is 0 Å². The highest BCUT2D eigenvalue weighted by atomic mass is 32.1. The molecule has 4 heterocycles. The Morgan fingerprint density at radius 2 is 1.89 bits per heavy atom. The lowest BCUT2D eigenvalue weighted by Gasteiger charge is -2.32. The molecule has 142 valence electrons. The summed E-state index contributed by atoms with van der Waals surface area (Å²) in [5.41, 5.74) is 1.30. The van der Waals surface area contributed by atoms with Crippen molar-refractivity contribution in [3.63, 3.8) is 0 Å². The van der Waals surface area contributed by atoms with Gasteiger partial charge in [-0.25, -0.2) is 0 Å². The van der Waals surface area contributed by atoms with E-state index in [0.717, 1.165) is 50.3 Å². The molecule has 0 aliphatic carbocycles. The number of likely N-dealkylation sites (tertiary alicyclic amines) is 1. The zero-order valence-corrected chi connectivity index (χ0v) is 16.0. The fraction of sp³-hybridized carbons (Fsp3) is 0.450. The van der Waals surface area contributed by atoms with Crippen molar-refractivity contribution in [2.24, 2.45) is 0 Å². The summed E-state index contributed by atoms with van der Waals surface area (Å²) in [6.45, 7) is 2.41. The third-order valence-electron chi connectivity index (χ3n) is 5.40. The minimum absolute atomic E-state index is 0.00786. The fourth-order valence-electron chi connectivity index (χ4n) is 3.84. The smallest absolute Gasteiger partial charge is 0.263 e. The van der Waals surface area contributed by atoms with Crippen LogP contribution in [0.3, 0.4) is 0 Å². The van der Waals surface area contributed by atoms with Crippen LogP contribution in [0.25, 0.3) is 0 Å². The molecule has 2 saturated heterocycles. The Morgan fingerprint density at radius 1 is 1.11 bits per heavy atom. The minimum Gasteiger partial charge on any atom is -0.338 e. The Kier molecular flexibility index (Phi) is 5.50. The van der Waals surface area contributed by atoms with Crippen molar-refractivity contribution in [2.75, 3.05) is 25.0 Å². The van der Waals surface area contributed by atoms with Crippen LogP contribution in [0.5, 0.6) is 0 Å². The van der Waals surface area contributed by atoms with Crippen LogP contribution in [0.15, 0.2) is 36.7 Å².